The molecule has 0 unspecified atom stereocenters. The van der Waals surface area contributed by atoms with Gasteiger partial charge in [0.05, 0.1) is 16.6 Å². The number of hydrogen-bond acceptors (Lipinski definition) is 4. The van der Waals surface area contributed by atoms with Crippen LogP contribution in [0.15, 0.2) is 11.0 Å². The number of rotatable bonds is 4. The van der Waals surface area contributed by atoms with Gasteiger partial charge < -0.3 is 14.5 Å². The molecule has 1 aliphatic carbocycles. The van der Waals surface area contributed by atoms with Crippen molar-refractivity contribution in [2.24, 2.45) is 0 Å². The van der Waals surface area contributed by atoms with Crippen LogP contribution in [0, 0.1) is 18.6 Å². The molecule has 0 aliphatic heterocycles. The highest BCUT2D eigenvalue weighted by atomic mass is 19.2. The average Bonchev–Trinajstić information content (AvgIpc) is 3.38. The second kappa shape index (κ2) is 6.09. The van der Waals surface area contributed by atoms with Gasteiger partial charge in [-0.1, -0.05) is 0 Å². The summed E-state index contributed by atoms with van der Waals surface area (Å²) in [5, 5.41) is 2.14. The second-order valence-electron chi connectivity index (χ2n) is 5.78. The van der Waals surface area contributed by atoms with Gasteiger partial charge in [0.15, 0.2) is 11.6 Å². The van der Waals surface area contributed by atoms with Crippen LogP contribution in [-0.2, 0) is 4.65 Å². The lowest BCUT2D eigenvalue weighted by Gasteiger charge is -2.18. The molecule has 0 bridgehead atoms. The number of halogens is 4. The summed E-state index contributed by atoms with van der Waals surface area (Å²) < 4.78 is 58.4. The molecule has 0 radical (unpaired) electrons. The number of fused-ring (bicyclic) bond motifs is 1. The van der Waals surface area contributed by atoms with Crippen LogP contribution in [0.5, 0.6) is 0 Å². The predicted octanol–water partition coefficient (Wildman–Crippen LogP) is 3.05. The summed E-state index contributed by atoms with van der Waals surface area (Å²) in [6, 6.07) is -0.130. The number of pyridine rings is 1. The van der Waals surface area contributed by atoms with E-state index in [4.69, 9.17) is 0 Å². The first kappa shape index (κ1) is 17.3. The molecule has 1 N–H and O–H groups in total. The van der Waals surface area contributed by atoms with Gasteiger partial charge in [0, 0.05) is 24.8 Å². The lowest BCUT2D eigenvalue weighted by atomic mass is 10.0. The summed E-state index contributed by atoms with van der Waals surface area (Å²) in [6.07, 6.45) is 2.49. The quantitative estimate of drug-likeness (QED) is 0.676. The van der Waals surface area contributed by atoms with Gasteiger partial charge in [0.2, 0.25) is 5.43 Å². The molecule has 0 saturated heterocycles. The molecule has 1 heterocycles. The first-order chi connectivity index (χ1) is 11.8. The Morgan fingerprint density at radius 3 is 2.48 bits per heavy atom. The molecule has 132 valence electrons. The van der Waals surface area contributed by atoms with Crippen molar-refractivity contribution in [1.82, 2.24) is 4.57 Å². The highest BCUT2D eigenvalue weighted by molar-refractivity contribution is 6.38. The molecule has 1 saturated carbocycles. The molecule has 1 aromatic carbocycles. The molecule has 25 heavy (non-hydrogen) atoms. The third-order valence-corrected chi connectivity index (χ3v) is 4.19. The lowest BCUT2D eigenvalue weighted by molar-refractivity contribution is 0.0693. The maximum absolute atomic E-state index is 14.2. The molecule has 0 amide bonds. The predicted molar refractivity (Wildman–Crippen MR) is 84.1 cm³/mol. The van der Waals surface area contributed by atoms with E-state index in [1.165, 1.54) is 18.5 Å². The highest BCUT2D eigenvalue weighted by Crippen LogP contribution is 2.40. The normalized spacial score (nSPS) is 13.8. The van der Waals surface area contributed by atoms with Gasteiger partial charge >= 0.3 is 13.4 Å². The standard InChI is InChI=1S/C15H13BF4N2O3/c1-6-10(17)11(18)12(21-2)9-13(6)22(7-3-4-7)5-8(14(9)23)15(24)25-16(19)20/h5,7,21H,3-4H2,1-2H3. The Bertz CT molecular complexity index is 941. The number of hydrogen-bond donors (Lipinski definition) is 1. The summed E-state index contributed by atoms with van der Waals surface area (Å²) in [5.41, 5.74) is -2.04. The average molecular weight is 356 g/mol. The fraction of sp³-hybridized carbons (Fsp3) is 0.333. The molecule has 1 fully saturated rings. The number of nitrogens with one attached hydrogen (secondary N) is 1. The van der Waals surface area contributed by atoms with Gasteiger partial charge in [-0.2, -0.15) is 0 Å². The van der Waals surface area contributed by atoms with E-state index in [9.17, 15) is 27.0 Å². The molecular formula is C15H13BF4N2O3. The van der Waals surface area contributed by atoms with Gasteiger partial charge in [-0.25, -0.2) is 22.2 Å². The van der Waals surface area contributed by atoms with Gasteiger partial charge in [-0.3, -0.25) is 4.79 Å². The zero-order valence-electron chi connectivity index (χ0n) is 13.3. The van der Waals surface area contributed by atoms with Gasteiger partial charge in [-0.15, -0.1) is 0 Å². The van der Waals surface area contributed by atoms with Gasteiger partial charge in [-0.05, 0) is 19.8 Å². The number of anilines is 1. The molecule has 2 aromatic rings. The number of carbonyl (C=O) groups is 1. The van der Waals surface area contributed by atoms with Crippen molar-refractivity contribution in [3.8, 4) is 0 Å². The summed E-state index contributed by atoms with van der Waals surface area (Å²) in [6.45, 7) is 1.32. The maximum Gasteiger partial charge on any atom is 0.798 e. The summed E-state index contributed by atoms with van der Waals surface area (Å²) in [5.74, 6) is -3.90. The largest absolute Gasteiger partial charge is 0.798 e. The Balaban J connectivity index is 2.43. The Hall–Kier alpha value is -2.52. The van der Waals surface area contributed by atoms with E-state index in [0.717, 1.165) is 6.20 Å². The van der Waals surface area contributed by atoms with E-state index >= 15 is 0 Å². The Morgan fingerprint density at radius 1 is 1.32 bits per heavy atom. The van der Waals surface area contributed by atoms with Crippen molar-refractivity contribution < 1.29 is 26.9 Å². The summed E-state index contributed by atoms with van der Waals surface area (Å²) >= 11 is 0. The van der Waals surface area contributed by atoms with E-state index < -0.39 is 41.8 Å². The monoisotopic (exact) mass is 356 g/mol. The molecule has 5 nitrogen and oxygen atoms in total. The SMILES string of the molecule is CNc1c(F)c(F)c(C)c2c1c(=O)c(C(=O)OB(F)F)cn2C1CC1. The zero-order valence-corrected chi connectivity index (χ0v) is 13.3. The minimum Gasteiger partial charge on any atom is -0.474 e. The van der Waals surface area contributed by atoms with Gasteiger partial charge in [0.25, 0.3) is 0 Å². The van der Waals surface area contributed by atoms with E-state index in [0.29, 0.717) is 12.8 Å². The molecule has 10 heteroatoms. The number of nitrogens with zero attached hydrogens (tertiary/aromatic N) is 1. The summed E-state index contributed by atoms with van der Waals surface area (Å²) in [7, 11) is -2.11. The second-order valence-corrected chi connectivity index (χ2v) is 5.78. The van der Waals surface area contributed by atoms with Gasteiger partial charge in [0.1, 0.15) is 5.56 Å². The highest BCUT2D eigenvalue weighted by Gasteiger charge is 2.32. The molecule has 0 atom stereocenters. The molecule has 3 rings (SSSR count). The summed E-state index contributed by atoms with van der Waals surface area (Å²) in [4.78, 5) is 24.5. The van der Waals surface area contributed by atoms with E-state index in [-0.39, 0.29) is 22.5 Å². The van der Waals surface area contributed by atoms with Crippen molar-refractivity contribution in [3.05, 3.63) is 39.2 Å². The number of benzene rings is 1. The maximum atomic E-state index is 14.2. The van der Waals surface area contributed by atoms with Crippen LogP contribution < -0.4 is 10.7 Å². The van der Waals surface area contributed by atoms with Crippen molar-refractivity contribution in [1.29, 1.82) is 0 Å². The van der Waals surface area contributed by atoms with Crippen LogP contribution >= 0.6 is 0 Å². The Morgan fingerprint density at radius 2 is 1.96 bits per heavy atom. The minimum atomic E-state index is -3.40. The van der Waals surface area contributed by atoms with Crippen LogP contribution in [0.25, 0.3) is 10.9 Å². The Labute approximate surface area is 139 Å². The van der Waals surface area contributed by atoms with Crippen molar-refractivity contribution in [2.45, 2.75) is 25.8 Å². The van der Waals surface area contributed by atoms with E-state index in [1.54, 1.807) is 0 Å². The third-order valence-electron chi connectivity index (χ3n) is 4.19. The smallest absolute Gasteiger partial charge is 0.474 e. The van der Waals surface area contributed by atoms with Crippen LogP contribution in [-0.4, -0.2) is 25.1 Å². The number of aryl methyl sites for hydroxylation is 1. The number of aromatic nitrogens is 1. The van der Waals surface area contributed by atoms with Crippen molar-refractivity contribution in [2.75, 3.05) is 12.4 Å². The molecule has 1 aromatic heterocycles. The third kappa shape index (κ3) is 2.75. The minimum absolute atomic E-state index is 0.0933. The molecular weight excluding hydrogens is 343 g/mol. The first-order valence-corrected chi connectivity index (χ1v) is 7.51. The first-order valence-electron chi connectivity index (χ1n) is 7.51. The van der Waals surface area contributed by atoms with Crippen molar-refractivity contribution in [3.63, 3.8) is 0 Å². The van der Waals surface area contributed by atoms with Crippen LogP contribution in [0.2, 0.25) is 0 Å². The van der Waals surface area contributed by atoms with Crippen molar-refractivity contribution >= 4 is 30.0 Å². The van der Waals surface area contributed by atoms with Crippen LogP contribution in [0.3, 0.4) is 0 Å². The molecule has 1 aliphatic rings. The topological polar surface area (TPSA) is 60.3 Å². The van der Waals surface area contributed by atoms with E-state index in [2.05, 4.69) is 9.97 Å². The molecule has 0 spiro atoms. The fourth-order valence-corrected chi connectivity index (χ4v) is 2.90. The lowest BCUT2D eigenvalue weighted by Crippen LogP contribution is -2.25. The Kier molecular flexibility index (Phi) is 4.22. The number of carbonyl (C=O) groups excluding carboxylic acids is 1. The van der Waals surface area contributed by atoms with Crippen LogP contribution in [0.4, 0.5) is 23.1 Å². The van der Waals surface area contributed by atoms with E-state index in [1.807, 2.05) is 0 Å². The fourth-order valence-electron chi connectivity index (χ4n) is 2.90. The zero-order chi connectivity index (χ0) is 18.5. The van der Waals surface area contributed by atoms with Crippen LogP contribution in [0.1, 0.15) is 34.8 Å².